The van der Waals surface area contributed by atoms with Crippen molar-refractivity contribution in [3.8, 4) is 11.5 Å². The molecule has 0 aliphatic heterocycles. The van der Waals surface area contributed by atoms with E-state index in [4.69, 9.17) is 9.47 Å². The van der Waals surface area contributed by atoms with Crippen LogP contribution < -0.4 is 20.3 Å². The first-order valence-electron chi connectivity index (χ1n) is 8.69. The summed E-state index contributed by atoms with van der Waals surface area (Å²) in [7, 11) is 0. The van der Waals surface area contributed by atoms with E-state index in [1.807, 2.05) is 26.0 Å². The van der Waals surface area contributed by atoms with Crippen LogP contribution in [0.1, 0.15) is 28.4 Å². The second-order valence-electron chi connectivity index (χ2n) is 6.17. The minimum absolute atomic E-state index is 0.271. The topological polar surface area (TPSA) is 76.7 Å². The summed E-state index contributed by atoms with van der Waals surface area (Å²) in [5.41, 5.74) is 6.89. The molecular formula is C21H23BrN2O4. The molecule has 2 aromatic carbocycles. The number of ether oxygens (including phenoxy) is 2. The van der Waals surface area contributed by atoms with Gasteiger partial charge in [0.25, 0.3) is 11.8 Å². The van der Waals surface area contributed by atoms with Gasteiger partial charge in [-0.1, -0.05) is 40.7 Å². The second-order valence-corrected chi connectivity index (χ2v) is 7.08. The van der Waals surface area contributed by atoms with E-state index in [0.717, 1.165) is 15.6 Å². The van der Waals surface area contributed by atoms with Gasteiger partial charge in [0.05, 0.1) is 5.56 Å². The van der Waals surface area contributed by atoms with Crippen LogP contribution in [0.25, 0.3) is 0 Å². The molecule has 7 heteroatoms. The van der Waals surface area contributed by atoms with E-state index >= 15 is 0 Å². The monoisotopic (exact) mass is 446 g/mol. The SMILES string of the molecule is C=CCOc1ccccc1C(=O)NNC(=O)C(C)Oc1c(C)cc(Br)cc1C. The number of para-hydroxylation sites is 1. The highest BCUT2D eigenvalue weighted by Gasteiger charge is 2.19. The van der Waals surface area contributed by atoms with E-state index in [1.54, 1.807) is 37.3 Å². The summed E-state index contributed by atoms with van der Waals surface area (Å²) in [4.78, 5) is 24.7. The smallest absolute Gasteiger partial charge is 0.279 e. The molecule has 1 atom stereocenters. The third-order valence-electron chi connectivity index (χ3n) is 3.88. The summed E-state index contributed by atoms with van der Waals surface area (Å²) >= 11 is 3.43. The Kier molecular flexibility index (Phi) is 7.63. The number of hydrogen-bond acceptors (Lipinski definition) is 4. The highest BCUT2D eigenvalue weighted by molar-refractivity contribution is 9.10. The minimum Gasteiger partial charge on any atom is -0.489 e. The Hall–Kier alpha value is -2.80. The lowest BCUT2D eigenvalue weighted by Crippen LogP contribution is -2.47. The van der Waals surface area contributed by atoms with E-state index < -0.39 is 17.9 Å². The van der Waals surface area contributed by atoms with Crippen molar-refractivity contribution in [3.05, 3.63) is 70.2 Å². The normalized spacial score (nSPS) is 11.3. The van der Waals surface area contributed by atoms with Crippen LogP contribution in [-0.4, -0.2) is 24.5 Å². The lowest BCUT2D eigenvalue weighted by molar-refractivity contribution is -0.128. The molecule has 0 fully saturated rings. The fourth-order valence-electron chi connectivity index (χ4n) is 2.53. The molecule has 0 aromatic heterocycles. The summed E-state index contributed by atoms with van der Waals surface area (Å²) in [6.45, 7) is 9.27. The molecule has 2 rings (SSSR count). The van der Waals surface area contributed by atoms with E-state index in [9.17, 15) is 9.59 Å². The molecule has 6 nitrogen and oxygen atoms in total. The molecule has 0 spiro atoms. The lowest BCUT2D eigenvalue weighted by Gasteiger charge is -2.19. The summed E-state index contributed by atoms with van der Waals surface area (Å²) in [6, 6.07) is 10.6. The van der Waals surface area contributed by atoms with Gasteiger partial charge in [-0.3, -0.25) is 20.4 Å². The first kappa shape index (κ1) is 21.5. The number of benzene rings is 2. The fraction of sp³-hybridized carbons (Fsp3) is 0.238. The van der Waals surface area contributed by atoms with Crippen molar-refractivity contribution in [2.75, 3.05) is 6.61 Å². The minimum atomic E-state index is -0.800. The van der Waals surface area contributed by atoms with Crippen LogP contribution in [0.3, 0.4) is 0 Å². The van der Waals surface area contributed by atoms with Crippen molar-refractivity contribution >= 4 is 27.7 Å². The molecule has 1 unspecified atom stereocenters. The number of carbonyl (C=O) groups is 2. The van der Waals surface area contributed by atoms with Crippen molar-refractivity contribution in [1.29, 1.82) is 0 Å². The molecule has 0 heterocycles. The van der Waals surface area contributed by atoms with Crippen LogP contribution in [0.4, 0.5) is 0 Å². The molecule has 0 bridgehead atoms. The average molecular weight is 447 g/mol. The van der Waals surface area contributed by atoms with Crippen LogP contribution in [0.5, 0.6) is 11.5 Å². The Balaban J connectivity index is 1.98. The number of amides is 2. The van der Waals surface area contributed by atoms with Gasteiger partial charge >= 0.3 is 0 Å². The van der Waals surface area contributed by atoms with Gasteiger partial charge in [0, 0.05) is 4.47 Å². The molecule has 0 radical (unpaired) electrons. The van der Waals surface area contributed by atoms with Crippen molar-refractivity contribution in [1.82, 2.24) is 10.9 Å². The van der Waals surface area contributed by atoms with Crippen LogP contribution >= 0.6 is 15.9 Å². The third-order valence-corrected chi connectivity index (χ3v) is 4.33. The van der Waals surface area contributed by atoms with Crippen molar-refractivity contribution in [3.63, 3.8) is 0 Å². The molecule has 0 aliphatic carbocycles. The van der Waals surface area contributed by atoms with Gasteiger partial charge in [-0.25, -0.2) is 0 Å². The van der Waals surface area contributed by atoms with Crippen molar-refractivity contribution < 1.29 is 19.1 Å². The van der Waals surface area contributed by atoms with Crippen molar-refractivity contribution in [2.45, 2.75) is 26.9 Å². The predicted octanol–water partition coefficient (Wildman–Crippen LogP) is 3.86. The van der Waals surface area contributed by atoms with Crippen LogP contribution in [0, 0.1) is 13.8 Å². The second kappa shape index (κ2) is 9.94. The Bertz CT molecular complexity index is 859. The average Bonchev–Trinajstić information content (AvgIpc) is 2.66. The fourth-order valence-corrected chi connectivity index (χ4v) is 3.22. The van der Waals surface area contributed by atoms with Gasteiger partial charge in [0.2, 0.25) is 0 Å². The molecule has 148 valence electrons. The Morgan fingerprint density at radius 2 is 1.82 bits per heavy atom. The Labute approximate surface area is 173 Å². The standard InChI is InChI=1S/C21H23BrN2O4/c1-5-10-27-18-9-7-6-8-17(18)21(26)24-23-20(25)15(4)28-19-13(2)11-16(22)12-14(19)3/h5-9,11-12,15H,1,10H2,2-4H3,(H,23,25)(H,24,26). The molecule has 0 saturated carbocycles. The molecule has 2 aromatic rings. The highest BCUT2D eigenvalue weighted by atomic mass is 79.9. The number of halogens is 1. The van der Waals surface area contributed by atoms with Gasteiger partial charge in [0.15, 0.2) is 6.10 Å². The zero-order valence-corrected chi connectivity index (χ0v) is 17.6. The Morgan fingerprint density at radius 1 is 1.18 bits per heavy atom. The molecule has 0 saturated heterocycles. The molecule has 28 heavy (non-hydrogen) atoms. The maximum Gasteiger partial charge on any atom is 0.279 e. The van der Waals surface area contributed by atoms with E-state index in [0.29, 0.717) is 17.1 Å². The van der Waals surface area contributed by atoms with Gasteiger partial charge in [-0.15, -0.1) is 0 Å². The van der Waals surface area contributed by atoms with Crippen LogP contribution in [0.15, 0.2) is 53.5 Å². The van der Waals surface area contributed by atoms with Gasteiger partial charge < -0.3 is 9.47 Å². The highest BCUT2D eigenvalue weighted by Crippen LogP contribution is 2.28. The van der Waals surface area contributed by atoms with Crippen LogP contribution in [0.2, 0.25) is 0 Å². The number of rotatable bonds is 7. The molecule has 0 aliphatic rings. The number of nitrogens with one attached hydrogen (secondary N) is 2. The zero-order chi connectivity index (χ0) is 20.7. The lowest BCUT2D eigenvalue weighted by atomic mass is 10.1. The number of aryl methyl sites for hydroxylation is 2. The van der Waals surface area contributed by atoms with Crippen LogP contribution in [-0.2, 0) is 4.79 Å². The number of carbonyl (C=O) groups excluding carboxylic acids is 2. The maximum absolute atomic E-state index is 12.4. The summed E-state index contributed by atoms with van der Waals surface area (Å²) in [6.07, 6.45) is 0.785. The first-order chi connectivity index (χ1) is 13.3. The van der Waals surface area contributed by atoms with Gasteiger partial charge in [-0.2, -0.15) is 0 Å². The van der Waals surface area contributed by atoms with Gasteiger partial charge in [-0.05, 0) is 56.2 Å². The predicted molar refractivity (Wildman–Crippen MR) is 111 cm³/mol. The largest absolute Gasteiger partial charge is 0.489 e. The number of hydrazine groups is 1. The van der Waals surface area contributed by atoms with Gasteiger partial charge in [0.1, 0.15) is 18.1 Å². The molecular weight excluding hydrogens is 424 g/mol. The zero-order valence-electron chi connectivity index (χ0n) is 16.0. The summed E-state index contributed by atoms with van der Waals surface area (Å²) in [5, 5.41) is 0. The molecule has 2 N–H and O–H groups in total. The van der Waals surface area contributed by atoms with E-state index in [1.165, 1.54) is 0 Å². The first-order valence-corrected chi connectivity index (χ1v) is 9.49. The van der Waals surface area contributed by atoms with E-state index in [-0.39, 0.29) is 6.61 Å². The maximum atomic E-state index is 12.4. The van der Waals surface area contributed by atoms with E-state index in [2.05, 4.69) is 33.4 Å². The molecule has 2 amide bonds. The summed E-state index contributed by atoms with van der Waals surface area (Å²) < 4.78 is 12.2. The summed E-state index contributed by atoms with van der Waals surface area (Å²) in [5.74, 6) is 0.0793. The quantitative estimate of drug-likeness (QED) is 0.499. The third kappa shape index (κ3) is 5.60. The van der Waals surface area contributed by atoms with Crippen molar-refractivity contribution in [2.24, 2.45) is 0 Å². The number of hydrogen-bond donors (Lipinski definition) is 2. The Morgan fingerprint density at radius 3 is 2.46 bits per heavy atom.